The van der Waals surface area contributed by atoms with Gasteiger partial charge in [-0.2, -0.15) is 5.10 Å². The van der Waals surface area contributed by atoms with Crippen LogP contribution >= 0.6 is 12.2 Å². The van der Waals surface area contributed by atoms with Gasteiger partial charge in [-0.3, -0.25) is 5.43 Å². The first kappa shape index (κ1) is 14.9. The Hall–Kier alpha value is -1.46. The molecule has 0 spiro atoms. The molecule has 5 heteroatoms. The summed E-state index contributed by atoms with van der Waals surface area (Å²) in [7, 11) is 0. The second-order valence-electron chi connectivity index (χ2n) is 4.95. The quantitative estimate of drug-likeness (QED) is 0.661. The highest BCUT2D eigenvalue weighted by Crippen LogP contribution is 2.08. The van der Waals surface area contributed by atoms with Crippen molar-refractivity contribution < 1.29 is 0 Å². The van der Waals surface area contributed by atoms with Crippen molar-refractivity contribution in [2.45, 2.75) is 26.2 Å². The lowest BCUT2D eigenvalue weighted by Crippen LogP contribution is -2.35. The molecule has 20 heavy (non-hydrogen) atoms. The first-order chi connectivity index (χ1) is 9.78. The van der Waals surface area contributed by atoms with Crippen molar-refractivity contribution in [1.29, 1.82) is 0 Å². The maximum Gasteiger partial charge on any atom is 0.191 e. The summed E-state index contributed by atoms with van der Waals surface area (Å²) < 4.78 is 0. The van der Waals surface area contributed by atoms with E-state index in [4.69, 9.17) is 12.2 Å². The fraction of sp³-hybridized carbons (Fsp3) is 0.467. The normalized spacial score (nSPS) is 15.8. The summed E-state index contributed by atoms with van der Waals surface area (Å²) in [6.07, 6.45) is 3.28. The molecule has 0 bridgehead atoms. The van der Waals surface area contributed by atoms with Crippen LogP contribution in [0.15, 0.2) is 35.4 Å². The van der Waals surface area contributed by atoms with Crippen molar-refractivity contribution in [3.05, 3.63) is 30.3 Å². The van der Waals surface area contributed by atoms with Crippen molar-refractivity contribution in [3.63, 3.8) is 0 Å². The largest absolute Gasteiger partial charge is 0.331 e. The highest BCUT2D eigenvalue weighted by Gasteiger charge is 2.13. The zero-order valence-corrected chi connectivity index (χ0v) is 12.7. The van der Waals surface area contributed by atoms with Gasteiger partial charge in [0.1, 0.15) is 0 Å². The molecule has 1 aromatic rings. The van der Waals surface area contributed by atoms with Crippen LogP contribution < -0.4 is 10.7 Å². The molecule has 0 aromatic heterocycles. The Morgan fingerprint density at radius 1 is 1.25 bits per heavy atom. The average molecular weight is 290 g/mol. The summed E-state index contributed by atoms with van der Waals surface area (Å²) in [4.78, 5) is 2.49. The summed E-state index contributed by atoms with van der Waals surface area (Å²) >= 11 is 5.23. The molecule has 0 radical (unpaired) electrons. The van der Waals surface area contributed by atoms with Crippen LogP contribution in [-0.2, 0) is 0 Å². The summed E-state index contributed by atoms with van der Waals surface area (Å²) in [6, 6.07) is 9.88. The first-order valence-corrected chi connectivity index (χ1v) is 7.58. The smallest absolute Gasteiger partial charge is 0.191 e. The molecule has 0 aliphatic carbocycles. The van der Waals surface area contributed by atoms with Gasteiger partial charge in [0.25, 0.3) is 0 Å². The SMILES string of the molecule is CCCN1CCC(=NNC(=S)Nc2ccccc2)CC1. The van der Waals surface area contributed by atoms with E-state index in [0.29, 0.717) is 5.11 Å². The lowest BCUT2D eigenvalue weighted by Gasteiger charge is -2.26. The fourth-order valence-electron chi connectivity index (χ4n) is 2.27. The number of thiocarbonyl (C=S) groups is 1. The van der Waals surface area contributed by atoms with Crippen LogP contribution in [0.3, 0.4) is 0 Å². The van der Waals surface area contributed by atoms with E-state index in [2.05, 4.69) is 27.7 Å². The van der Waals surface area contributed by atoms with Gasteiger partial charge in [-0.25, -0.2) is 0 Å². The topological polar surface area (TPSA) is 39.7 Å². The monoisotopic (exact) mass is 290 g/mol. The standard InChI is InChI=1S/C15H22N4S/c1-2-10-19-11-8-14(9-12-19)17-18-15(20)16-13-6-4-3-5-7-13/h3-7H,2,8-12H2,1H3,(H2,16,18,20). The van der Waals surface area contributed by atoms with E-state index in [0.717, 1.165) is 31.6 Å². The van der Waals surface area contributed by atoms with Crippen molar-refractivity contribution >= 4 is 28.7 Å². The summed E-state index contributed by atoms with van der Waals surface area (Å²) in [6.45, 7) is 5.62. The van der Waals surface area contributed by atoms with Gasteiger partial charge in [0.15, 0.2) is 5.11 Å². The number of benzene rings is 1. The third kappa shape index (κ3) is 4.90. The number of nitrogens with zero attached hydrogens (tertiary/aromatic N) is 2. The Kier molecular flexibility index (Phi) is 5.95. The summed E-state index contributed by atoms with van der Waals surface area (Å²) in [5, 5.41) is 8.06. The van der Waals surface area contributed by atoms with Crippen LogP contribution in [0.4, 0.5) is 5.69 Å². The molecule has 1 heterocycles. The molecule has 2 rings (SSSR count). The van der Waals surface area contributed by atoms with Crippen LogP contribution in [0.1, 0.15) is 26.2 Å². The second-order valence-corrected chi connectivity index (χ2v) is 5.36. The fourth-order valence-corrected chi connectivity index (χ4v) is 2.44. The Bertz CT molecular complexity index is 448. The third-order valence-electron chi connectivity index (χ3n) is 3.32. The van der Waals surface area contributed by atoms with Gasteiger partial charge >= 0.3 is 0 Å². The molecule has 108 valence electrons. The zero-order valence-electron chi connectivity index (χ0n) is 11.9. The van der Waals surface area contributed by atoms with Crippen LogP contribution in [0.5, 0.6) is 0 Å². The molecular formula is C15H22N4S. The molecule has 1 aliphatic rings. The lowest BCUT2D eigenvalue weighted by molar-refractivity contribution is 0.275. The maximum atomic E-state index is 5.23. The minimum absolute atomic E-state index is 0.541. The zero-order chi connectivity index (χ0) is 14.2. The predicted octanol–water partition coefficient (Wildman–Crippen LogP) is 2.83. The molecule has 0 saturated carbocycles. The van der Waals surface area contributed by atoms with Crippen LogP contribution in [-0.4, -0.2) is 35.4 Å². The van der Waals surface area contributed by atoms with Crippen molar-refractivity contribution in [2.24, 2.45) is 5.10 Å². The Labute approximate surface area is 126 Å². The van der Waals surface area contributed by atoms with Crippen LogP contribution in [0, 0.1) is 0 Å². The molecular weight excluding hydrogens is 268 g/mol. The van der Waals surface area contributed by atoms with Gasteiger partial charge < -0.3 is 10.2 Å². The highest BCUT2D eigenvalue weighted by atomic mass is 32.1. The number of rotatable bonds is 4. The predicted molar refractivity (Wildman–Crippen MR) is 89.2 cm³/mol. The summed E-state index contributed by atoms with van der Waals surface area (Å²) in [5.41, 5.74) is 5.12. The number of hydrogen-bond donors (Lipinski definition) is 2. The number of likely N-dealkylation sites (tertiary alicyclic amines) is 1. The lowest BCUT2D eigenvalue weighted by atomic mass is 10.1. The van der Waals surface area contributed by atoms with Crippen LogP contribution in [0.25, 0.3) is 0 Å². The van der Waals surface area contributed by atoms with Gasteiger partial charge in [0, 0.05) is 37.3 Å². The van der Waals surface area contributed by atoms with Gasteiger partial charge in [-0.1, -0.05) is 25.1 Å². The highest BCUT2D eigenvalue weighted by molar-refractivity contribution is 7.80. The van der Waals surface area contributed by atoms with E-state index in [1.807, 2.05) is 30.3 Å². The summed E-state index contributed by atoms with van der Waals surface area (Å²) in [5.74, 6) is 0. The minimum Gasteiger partial charge on any atom is -0.331 e. The number of hydrogen-bond acceptors (Lipinski definition) is 3. The van der Waals surface area contributed by atoms with Crippen molar-refractivity contribution in [2.75, 3.05) is 25.0 Å². The molecule has 4 nitrogen and oxygen atoms in total. The number of anilines is 1. The van der Waals surface area contributed by atoms with Crippen LogP contribution in [0.2, 0.25) is 0 Å². The van der Waals surface area contributed by atoms with Gasteiger partial charge in [-0.15, -0.1) is 0 Å². The Morgan fingerprint density at radius 2 is 1.95 bits per heavy atom. The van der Waals surface area contributed by atoms with Crippen molar-refractivity contribution in [1.82, 2.24) is 10.3 Å². The number of hydrazone groups is 1. The molecule has 0 unspecified atom stereocenters. The molecule has 0 amide bonds. The van der Waals surface area contributed by atoms with E-state index in [9.17, 15) is 0 Å². The molecule has 1 fully saturated rings. The van der Waals surface area contributed by atoms with E-state index in [1.165, 1.54) is 18.7 Å². The van der Waals surface area contributed by atoms with Gasteiger partial charge in [0.2, 0.25) is 0 Å². The molecule has 1 saturated heterocycles. The molecule has 1 aliphatic heterocycles. The number of piperidine rings is 1. The second kappa shape index (κ2) is 7.97. The minimum atomic E-state index is 0.541. The van der Waals surface area contributed by atoms with Gasteiger partial charge in [-0.05, 0) is 37.3 Å². The Balaban J connectivity index is 1.74. The average Bonchev–Trinajstić information content (AvgIpc) is 2.48. The van der Waals surface area contributed by atoms with E-state index in [1.54, 1.807) is 0 Å². The van der Waals surface area contributed by atoms with Crippen molar-refractivity contribution in [3.8, 4) is 0 Å². The third-order valence-corrected chi connectivity index (χ3v) is 3.51. The van der Waals surface area contributed by atoms with E-state index >= 15 is 0 Å². The molecule has 0 atom stereocenters. The Morgan fingerprint density at radius 3 is 2.60 bits per heavy atom. The van der Waals surface area contributed by atoms with E-state index < -0.39 is 0 Å². The van der Waals surface area contributed by atoms with E-state index in [-0.39, 0.29) is 0 Å². The molecule has 1 aromatic carbocycles. The molecule has 2 N–H and O–H groups in total. The maximum absolute atomic E-state index is 5.23. The first-order valence-electron chi connectivity index (χ1n) is 7.17. The number of nitrogens with one attached hydrogen (secondary N) is 2. The number of para-hydroxylation sites is 1. The van der Waals surface area contributed by atoms with Gasteiger partial charge in [0.05, 0.1) is 0 Å².